The number of hydrogen-bond acceptors (Lipinski definition) is 3. The molecule has 0 spiro atoms. The first kappa shape index (κ1) is 13.7. The average molecular weight is 311 g/mol. The lowest BCUT2D eigenvalue weighted by Crippen LogP contribution is -2.04. The Labute approximate surface area is 120 Å². The Bertz CT molecular complexity index is 853. The van der Waals surface area contributed by atoms with Crippen LogP contribution in [0.4, 0.5) is 13.2 Å². The number of nitrogens with one attached hydrogen (secondary N) is 2. The highest BCUT2D eigenvalue weighted by atomic mass is 32.2. The van der Waals surface area contributed by atoms with Crippen LogP contribution in [0.5, 0.6) is 0 Å². The second kappa shape index (κ2) is 4.96. The molecule has 0 aliphatic carbocycles. The smallest absolute Gasteiger partial charge is 0.304 e. The summed E-state index contributed by atoms with van der Waals surface area (Å²) < 4.78 is 38.0. The largest absolute Gasteiger partial charge is 0.416 e. The lowest BCUT2D eigenvalue weighted by Gasteiger charge is -2.08. The number of pyridine rings is 1. The summed E-state index contributed by atoms with van der Waals surface area (Å²) in [6.07, 6.45) is -2.87. The summed E-state index contributed by atoms with van der Waals surface area (Å²) in [5.74, 6) is 0. The molecule has 0 unspecified atom stereocenters. The third-order valence-corrected chi connectivity index (χ3v) is 3.69. The van der Waals surface area contributed by atoms with Crippen LogP contribution in [0.1, 0.15) is 5.56 Å². The Hall–Kier alpha value is -2.22. The van der Waals surface area contributed by atoms with Crippen LogP contribution in [0.25, 0.3) is 11.2 Å². The lowest BCUT2D eigenvalue weighted by atomic mass is 10.2. The van der Waals surface area contributed by atoms with Crippen LogP contribution in [0.15, 0.2) is 51.1 Å². The molecular formula is C13H8F3N3OS. The quantitative estimate of drug-likeness (QED) is 0.762. The number of H-pyrrole nitrogens is 2. The van der Waals surface area contributed by atoms with Gasteiger partial charge in [-0.2, -0.15) is 13.2 Å². The minimum absolute atomic E-state index is 0.376. The van der Waals surface area contributed by atoms with Gasteiger partial charge < -0.3 is 4.98 Å². The second-order valence-corrected chi connectivity index (χ2v) is 5.42. The van der Waals surface area contributed by atoms with Crippen molar-refractivity contribution in [2.24, 2.45) is 0 Å². The summed E-state index contributed by atoms with van der Waals surface area (Å²) in [4.78, 5) is 21.3. The fraction of sp³-hybridized carbons (Fsp3) is 0.0769. The number of aromatic amines is 2. The number of nitrogens with zero attached hydrogens (tertiary/aromatic N) is 1. The fourth-order valence-electron chi connectivity index (χ4n) is 1.83. The molecule has 0 radical (unpaired) electrons. The maximum atomic E-state index is 12.7. The highest BCUT2D eigenvalue weighted by Gasteiger charge is 2.30. The Balaban J connectivity index is 1.92. The first-order valence-electron chi connectivity index (χ1n) is 5.85. The number of benzene rings is 1. The first-order chi connectivity index (χ1) is 9.91. The van der Waals surface area contributed by atoms with Gasteiger partial charge in [-0.3, -0.25) is 4.98 Å². The fourth-order valence-corrected chi connectivity index (χ4v) is 2.72. The maximum absolute atomic E-state index is 12.7. The second-order valence-electron chi connectivity index (χ2n) is 4.27. The summed E-state index contributed by atoms with van der Waals surface area (Å²) in [5.41, 5.74) is -0.152. The topological polar surface area (TPSA) is 61.5 Å². The minimum atomic E-state index is -4.37. The molecule has 2 aromatic heterocycles. The van der Waals surface area contributed by atoms with Crippen molar-refractivity contribution in [2.45, 2.75) is 16.0 Å². The summed E-state index contributed by atoms with van der Waals surface area (Å²) >= 11 is 1.14. The lowest BCUT2D eigenvalue weighted by molar-refractivity contribution is -0.137. The van der Waals surface area contributed by atoms with Crippen LogP contribution in [-0.4, -0.2) is 15.0 Å². The predicted octanol–water partition coefficient (Wildman–Crippen LogP) is 3.42. The molecule has 108 valence electrons. The molecule has 4 nitrogen and oxygen atoms in total. The number of aromatic nitrogens is 3. The molecule has 0 saturated carbocycles. The van der Waals surface area contributed by atoms with Crippen LogP contribution in [-0.2, 0) is 6.18 Å². The van der Waals surface area contributed by atoms with E-state index in [1.54, 1.807) is 12.1 Å². The standard InChI is InChI=1S/C13H8F3N3OS/c14-13(15,16)7-2-1-3-8(4-7)21-9-5-10-11(17-6-9)19-12(20)18-10/h1-6H,(H2,17,18,19,20). The van der Waals surface area contributed by atoms with Gasteiger partial charge >= 0.3 is 11.9 Å². The van der Waals surface area contributed by atoms with Crippen molar-refractivity contribution < 1.29 is 13.2 Å². The number of fused-ring (bicyclic) bond motifs is 1. The van der Waals surface area contributed by atoms with E-state index in [0.717, 1.165) is 23.9 Å². The van der Waals surface area contributed by atoms with Crippen molar-refractivity contribution in [3.63, 3.8) is 0 Å². The molecule has 21 heavy (non-hydrogen) atoms. The van der Waals surface area contributed by atoms with Crippen LogP contribution in [0, 0.1) is 0 Å². The Morgan fingerprint density at radius 2 is 1.90 bits per heavy atom. The van der Waals surface area contributed by atoms with Crippen molar-refractivity contribution in [3.05, 3.63) is 52.6 Å². The van der Waals surface area contributed by atoms with Gasteiger partial charge in [0.25, 0.3) is 0 Å². The van der Waals surface area contributed by atoms with Crippen molar-refractivity contribution in [1.82, 2.24) is 15.0 Å². The zero-order valence-electron chi connectivity index (χ0n) is 10.4. The van der Waals surface area contributed by atoms with Crippen LogP contribution in [0.3, 0.4) is 0 Å². The van der Waals surface area contributed by atoms with Gasteiger partial charge in [0.05, 0.1) is 11.1 Å². The normalized spacial score (nSPS) is 12.0. The molecule has 0 atom stereocenters. The zero-order chi connectivity index (χ0) is 15.0. The Morgan fingerprint density at radius 3 is 2.67 bits per heavy atom. The molecule has 2 heterocycles. The van der Waals surface area contributed by atoms with Gasteiger partial charge in [0.1, 0.15) is 0 Å². The van der Waals surface area contributed by atoms with Crippen LogP contribution < -0.4 is 5.69 Å². The molecule has 2 N–H and O–H groups in total. The van der Waals surface area contributed by atoms with Gasteiger partial charge in [-0.1, -0.05) is 17.8 Å². The highest BCUT2D eigenvalue weighted by Crippen LogP contribution is 2.34. The molecule has 0 aliphatic heterocycles. The van der Waals surface area contributed by atoms with Crippen molar-refractivity contribution >= 4 is 22.9 Å². The number of imidazole rings is 1. The van der Waals surface area contributed by atoms with E-state index in [2.05, 4.69) is 15.0 Å². The molecule has 3 aromatic rings. The van der Waals surface area contributed by atoms with Crippen molar-refractivity contribution in [3.8, 4) is 0 Å². The zero-order valence-corrected chi connectivity index (χ0v) is 11.2. The molecule has 1 aromatic carbocycles. The summed E-state index contributed by atoms with van der Waals surface area (Å²) in [7, 11) is 0. The van der Waals surface area contributed by atoms with E-state index in [-0.39, 0.29) is 5.69 Å². The number of rotatable bonds is 2. The van der Waals surface area contributed by atoms with E-state index in [1.807, 2.05) is 0 Å². The van der Waals surface area contributed by atoms with Crippen LogP contribution in [0.2, 0.25) is 0 Å². The van der Waals surface area contributed by atoms with Gasteiger partial charge in [0, 0.05) is 16.0 Å². The summed E-state index contributed by atoms with van der Waals surface area (Å²) in [5, 5.41) is 0. The van der Waals surface area contributed by atoms with Gasteiger partial charge in [0.15, 0.2) is 5.65 Å². The van der Waals surface area contributed by atoms with Gasteiger partial charge in [0.2, 0.25) is 0 Å². The third-order valence-electron chi connectivity index (χ3n) is 2.74. The van der Waals surface area contributed by atoms with E-state index < -0.39 is 11.7 Å². The van der Waals surface area contributed by atoms with Crippen molar-refractivity contribution in [1.29, 1.82) is 0 Å². The first-order valence-corrected chi connectivity index (χ1v) is 6.67. The predicted molar refractivity (Wildman–Crippen MR) is 72.3 cm³/mol. The van der Waals surface area contributed by atoms with Gasteiger partial charge in [-0.05, 0) is 24.3 Å². The molecule has 8 heteroatoms. The maximum Gasteiger partial charge on any atom is 0.416 e. The van der Waals surface area contributed by atoms with E-state index in [4.69, 9.17) is 0 Å². The number of hydrogen-bond donors (Lipinski definition) is 2. The van der Waals surface area contributed by atoms with E-state index >= 15 is 0 Å². The van der Waals surface area contributed by atoms with Gasteiger partial charge in [-0.25, -0.2) is 9.78 Å². The molecule has 0 amide bonds. The van der Waals surface area contributed by atoms with Gasteiger partial charge in [-0.15, -0.1) is 0 Å². The minimum Gasteiger partial charge on any atom is -0.304 e. The summed E-state index contributed by atoms with van der Waals surface area (Å²) in [6.45, 7) is 0. The number of alkyl halides is 3. The molecule has 3 rings (SSSR count). The van der Waals surface area contributed by atoms with Crippen LogP contribution >= 0.6 is 11.8 Å². The monoisotopic (exact) mass is 311 g/mol. The Morgan fingerprint density at radius 1 is 1.10 bits per heavy atom. The van der Waals surface area contributed by atoms with E-state index in [1.165, 1.54) is 12.3 Å². The summed E-state index contributed by atoms with van der Waals surface area (Å²) in [6, 6.07) is 6.70. The molecule has 0 aliphatic rings. The average Bonchev–Trinajstić information content (AvgIpc) is 2.77. The van der Waals surface area contributed by atoms with E-state index in [0.29, 0.717) is 21.0 Å². The number of halogens is 3. The van der Waals surface area contributed by atoms with Crippen molar-refractivity contribution in [2.75, 3.05) is 0 Å². The molecule has 0 fully saturated rings. The highest BCUT2D eigenvalue weighted by molar-refractivity contribution is 7.99. The molecule has 0 bridgehead atoms. The Kier molecular flexibility index (Phi) is 3.25. The van der Waals surface area contributed by atoms with E-state index in [9.17, 15) is 18.0 Å². The molecular weight excluding hydrogens is 303 g/mol. The third kappa shape index (κ3) is 2.94. The SMILES string of the molecule is O=c1[nH]c2cc(Sc3cccc(C(F)(F)F)c3)cnc2[nH]1. The molecule has 0 saturated heterocycles.